The Balaban J connectivity index is 0. The Bertz CT molecular complexity index is 416. The van der Waals surface area contributed by atoms with Gasteiger partial charge in [-0.05, 0) is 37.1 Å². The maximum atomic E-state index is 10.3. The standard InChI is InChI=1S/C8H6O4.C8H18O2.C2H6O2/c9-7(10)5-1-2-6(4-3-5)8(11)12;9-7-5-3-1-2-4-6-8-10;3-1-2-4/h1-4H,(H,9,10)(H,11,12);9-10H,1-8H2;3-4H,1-2H2. The van der Waals surface area contributed by atoms with Crippen LogP contribution in [0.4, 0.5) is 0 Å². The van der Waals surface area contributed by atoms with Crippen LogP contribution in [0, 0.1) is 0 Å². The highest BCUT2D eigenvalue weighted by Crippen LogP contribution is 2.04. The van der Waals surface area contributed by atoms with E-state index in [1.807, 2.05) is 0 Å². The first-order valence-electron chi connectivity index (χ1n) is 8.44. The highest BCUT2D eigenvalue weighted by atomic mass is 16.4. The van der Waals surface area contributed by atoms with Crippen molar-refractivity contribution in [1.29, 1.82) is 0 Å². The quantitative estimate of drug-likeness (QED) is 0.335. The Labute approximate surface area is 153 Å². The fraction of sp³-hybridized carbons (Fsp3) is 0.556. The highest BCUT2D eigenvalue weighted by molar-refractivity contribution is 5.91. The number of aromatic carboxylic acids is 2. The second-order valence-electron chi connectivity index (χ2n) is 5.20. The molecule has 0 spiro atoms. The average Bonchev–Trinajstić information content (AvgIpc) is 2.65. The lowest BCUT2D eigenvalue weighted by Crippen LogP contribution is -1.99. The van der Waals surface area contributed by atoms with Crippen molar-refractivity contribution in [3.63, 3.8) is 0 Å². The topological polar surface area (TPSA) is 156 Å². The van der Waals surface area contributed by atoms with Crippen molar-refractivity contribution >= 4 is 11.9 Å². The van der Waals surface area contributed by atoms with E-state index >= 15 is 0 Å². The zero-order valence-corrected chi connectivity index (χ0v) is 14.9. The van der Waals surface area contributed by atoms with Gasteiger partial charge in [-0.3, -0.25) is 0 Å². The Kier molecular flexibility index (Phi) is 19.5. The van der Waals surface area contributed by atoms with Crippen LogP contribution in [0.1, 0.15) is 59.2 Å². The van der Waals surface area contributed by atoms with Gasteiger partial charge in [0, 0.05) is 13.2 Å². The molecule has 0 atom stereocenters. The summed E-state index contributed by atoms with van der Waals surface area (Å²) in [5.74, 6) is -2.13. The lowest BCUT2D eigenvalue weighted by molar-refractivity contribution is 0.0681. The number of rotatable bonds is 10. The maximum absolute atomic E-state index is 10.3. The van der Waals surface area contributed by atoms with Crippen molar-refractivity contribution in [3.8, 4) is 0 Å². The maximum Gasteiger partial charge on any atom is 0.335 e. The summed E-state index contributed by atoms with van der Waals surface area (Å²) in [5, 5.41) is 49.0. The van der Waals surface area contributed by atoms with Crippen molar-refractivity contribution in [2.24, 2.45) is 0 Å². The van der Waals surface area contributed by atoms with E-state index in [1.165, 1.54) is 37.1 Å². The SMILES string of the molecule is O=C(O)c1ccc(C(=O)O)cc1.OCCCCCCCCO.OCCO. The van der Waals surface area contributed by atoms with Crippen molar-refractivity contribution in [1.82, 2.24) is 0 Å². The molecule has 0 saturated heterocycles. The summed E-state index contributed by atoms with van der Waals surface area (Å²) >= 11 is 0. The first-order chi connectivity index (χ1) is 12.4. The van der Waals surface area contributed by atoms with Gasteiger partial charge >= 0.3 is 11.9 Å². The van der Waals surface area contributed by atoms with E-state index in [0.29, 0.717) is 13.2 Å². The number of benzene rings is 1. The van der Waals surface area contributed by atoms with Gasteiger partial charge in [0.25, 0.3) is 0 Å². The Morgan fingerprint density at radius 2 is 0.808 bits per heavy atom. The molecular weight excluding hydrogens is 344 g/mol. The summed E-state index contributed by atoms with van der Waals surface area (Å²) in [6, 6.07) is 5.02. The van der Waals surface area contributed by atoms with Gasteiger partial charge in [-0.2, -0.15) is 0 Å². The summed E-state index contributed by atoms with van der Waals surface area (Å²) in [4.78, 5) is 20.7. The molecule has 1 rings (SSSR count). The van der Waals surface area contributed by atoms with Gasteiger partial charge in [0.05, 0.1) is 24.3 Å². The predicted octanol–water partition coefficient (Wildman–Crippen LogP) is 1.37. The van der Waals surface area contributed by atoms with Crippen LogP contribution in [-0.2, 0) is 0 Å². The molecule has 0 bridgehead atoms. The van der Waals surface area contributed by atoms with Gasteiger partial charge in [0.1, 0.15) is 0 Å². The molecule has 0 amide bonds. The lowest BCUT2D eigenvalue weighted by Gasteiger charge is -1.97. The third-order valence-electron chi connectivity index (χ3n) is 3.05. The van der Waals surface area contributed by atoms with Gasteiger partial charge in [-0.15, -0.1) is 0 Å². The van der Waals surface area contributed by atoms with Crippen molar-refractivity contribution in [3.05, 3.63) is 35.4 Å². The van der Waals surface area contributed by atoms with Crippen LogP contribution in [0.25, 0.3) is 0 Å². The molecule has 8 heteroatoms. The highest BCUT2D eigenvalue weighted by Gasteiger charge is 2.04. The molecule has 0 unspecified atom stereocenters. The van der Waals surface area contributed by atoms with Crippen molar-refractivity contribution in [2.75, 3.05) is 26.4 Å². The summed E-state index contributed by atoms with van der Waals surface area (Å²) < 4.78 is 0. The average molecular weight is 374 g/mol. The molecule has 150 valence electrons. The number of aliphatic hydroxyl groups is 4. The molecule has 0 radical (unpaired) electrons. The molecule has 0 aliphatic heterocycles. The zero-order valence-electron chi connectivity index (χ0n) is 14.9. The molecule has 0 heterocycles. The fourth-order valence-electron chi connectivity index (χ4n) is 1.69. The summed E-state index contributed by atoms with van der Waals surface area (Å²) in [7, 11) is 0. The number of carboxylic acid groups (broad SMARTS) is 2. The van der Waals surface area contributed by atoms with Crippen LogP contribution in [0.5, 0.6) is 0 Å². The summed E-state index contributed by atoms with van der Waals surface area (Å²) in [6.45, 7) is 0.389. The van der Waals surface area contributed by atoms with Crippen LogP contribution in [-0.4, -0.2) is 69.0 Å². The Morgan fingerprint density at radius 1 is 0.538 bits per heavy atom. The van der Waals surface area contributed by atoms with E-state index in [4.69, 9.17) is 30.6 Å². The van der Waals surface area contributed by atoms with Crippen LogP contribution in [0.3, 0.4) is 0 Å². The molecular formula is C18H30O8. The normalized spacial score (nSPS) is 9.38. The zero-order chi connectivity index (χ0) is 20.2. The number of hydrogen-bond acceptors (Lipinski definition) is 6. The number of carboxylic acids is 2. The van der Waals surface area contributed by atoms with Crippen LogP contribution >= 0.6 is 0 Å². The molecule has 26 heavy (non-hydrogen) atoms. The number of aliphatic hydroxyl groups excluding tert-OH is 4. The summed E-state index contributed by atoms with van der Waals surface area (Å²) in [6.07, 6.45) is 6.50. The Hall–Kier alpha value is -2.00. The van der Waals surface area contributed by atoms with Crippen molar-refractivity contribution in [2.45, 2.75) is 38.5 Å². The van der Waals surface area contributed by atoms with E-state index in [0.717, 1.165) is 25.7 Å². The van der Waals surface area contributed by atoms with E-state index in [-0.39, 0.29) is 24.3 Å². The van der Waals surface area contributed by atoms with Gasteiger partial charge in [-0.1, -0.05) is 25.7 Å². The first-order valence-corrected chi connectivity index (χ1v) is 8.44. The lowest BCUT2D eigenvalue weighted by atomic mass is 10.1. The second kappa shape index (κ2) is 19.3. The fourth-order valence-corrected chi connectivity index (χ4v) is 1.69. The Morgan fingerprint density at radius 3 is 1.00 bits per heavy atom. The molecule has 1 aromatic rings. The van der Waals surface area contributed by atoms with Gasteiger partial charge in [0.2, 0.25) is 0 Å². The van der Waals surface area contributed by atoms with E-state index < -0.39 is 11.9 Å². The molecule has 0 fully saturated rings. The van der Waals surface area contributed by atoms with E-state index in [2.05, 4.69) is 0 Å². The van der Waals surface area contributed by atoms with Crippen LogP contribution < -0.4 is 0 Å². The summed E-state index contributed by atoms with van der Waals surface area (Å²) in [5.41, 5.74) is 0.167. The third kappa shape index (κ3) is 16.8. The van der Waals surface area contributed by atoms with Crippen molar-refractivity contribution < 1.29 is 40.2 Å². The third-order valence-corrected chi connectivity index (χ3v) is 3.05. The second-order valence-corrected chi connectivity index (χ2v) is 5.20. The minimum absolute atomic E-state index is 0.0833. The largest absolute Gasteiger partial charge is 0.478 e. The smallest absolute Gasteiger partial charge is 0.335 e. The molecule has 6 N–H and O–H groups in total. The molecule has 8 nitrogen and oxygen atoms in total. The monoisotopic (exact) mass is 374 g/mol. The minimum Gasteiger partial charge on any atom is -0.478 e. The van der Waals surface area contributed by atoms with Crippen LogP contribution in [0.2, 0.25) is 0 Å². The molecule has 1 aromatic carbocycles. The molecule has 0 aliphatic rings. The van der Waals surface area contributed by atoms with E-state index in [9.17, 15) is 9.59 Å². The number of unbranched alkanes of at least 4 members (excludes halogenated alkanes) is 5. The molecule has 0 aliphatic carbocycles. The van der Waals surface area contributed by atoms with Gasteiger partial charge < -0.3 is 30.6 Å². The molecule has 0 aromatic heterocycles. The van der Waals surface area contributed by atoms with Crippen LogP contribution in [0.15, 0.2) is 24.3 Å². The molecule has 0 saturated carbocycles. The number of carbonyl (C=O) groups is 2. The minimum atomic E-state index is -1.06. The first kappa shape index (κ1) is 26.2. The predicted molar refractivity (Wildman–Crippen MR) is 96.4 cm³/mol. The van der Waals surface area contributed by atoms with Gasteiger partial charge in [0.15, 0.2) is 0 Å². The van der Waals surface area contributed by atoms with Gasteiger partial charge in [-0.25, -0.2) is 9.59 Å². The number of hydrogen-bond donors (Lipinski definition) is 6. The van der Waals surface area contributed by atoms with E-state index in [1.54, 1.807) is 0 Å².